The van der Waals surface area contributed by atoms with Crippen LogP contribution in [0.3, 0.4) is 0 Å². The first-order valence-corrected chi connectivity index (χ1v) is 9.39. The Bertz CT molecular complexity index is 983. The molecule has 0 radical (unpaired) electrons. The third-order valence-electron chi connectivity index (χ3n) is 3.82. The molecule has 134 valence electrons. The van der Waals surface area contributed by atoms with Gasteiger partial charge in [-0.3, -0.25) is 4.79 Å². The van der Waals surface area contributed by atoms with Crippen molar-refractivity contribution in [3.05, 3.63) is 62.2 Å². The van der Waals surface area contributed by atoms with Gasteiger partial charge < -0.3 is 14.3 Å². The molecule has 1 N–H and O–H groups in total. The van der Waals surface area contributed by atoms with E-state index in [1.807, 2.05) is 31.2 Å². The lowest BCUT2D eigenvalue weighted by atomic mass is 9.99. The summed E-state index contributed by atoms with van der Waals surface area (Å²) >= 11 is 6.68. The molecular weight excluding hydrogens is 468 g/mol. The van der Waals surface area contributed by atoms with Crippen molar-refractivity contribution in [2.75, 3.05) is 6.61 Å². The molecule has 1 heterocycles. The van der Waals surface area contributed by atoms with Crippen molar-refractivity contribution in [3.63, 3.8) is 0 Å². The van der Waals surface area contributed by atoms with Crippen molar-refractivity contribution in [1.82, 2.24) is 0 Å². The van der Waals surface area contributed by atoms with Crippen molar-refractivity contribution in [1.29, 1.82) is 0 Å². The van der Waals surface area contributed by atoms with E-state index in [0.717, 1.165) is 5.39 Å². The molecule has 26 heavy (non-hydrogen) atoms. The molecule has 2 aromatic carbocycles. The van der Waals surface area contributed by atoms with Crippen LogP contribution in [0.25, 0.3) is 11.0 Å². The van der Waals surface area contributed by atoms with Gasteiger partial charge >= 0.3 is 5.97 Å². The Morgan fingerprint density at radius 3 is 2.42 bits per heavy atom. The molecule has 1 aromatic heterocycles. The summed E-state index contributed by atoms with van der Waals surface area (Å²) in [6.07, 6.45) is 0.595. The van der Waals surface area contributed by atoms with Crippen LogP contribution in [0.4, 0.5) is 0 Å². The van der Waals surface area contributed by atoms with E-state index in [-0.39, 0.29) is 5.78 Å². The number of para-hydroxylation sites is 1. The van der Waals surface area contributed by atoms with Crippen LogP contribution >= 0.6 is 31.9 Å². The molecule has 0 unspecified atom stereocenters. The fourth-order valence-electron chi connectivity index (χ4n) is 2.70. The number of carboxylic acid groups (broad SMARTS) is 1. The van der Waals surface area contributed by atoms with E-state index in [9.17, 15) is 9.59 Å². The Balaban J connectivity index is 2.05. The minimum Gasteiger partial charge on any atom is -0.480 e. The van der Waals surface area contributed by atoms with Crippen LogP contribution in [0.2, 0.25) is 0 Å². The summed E-state index contributed by atoms with van der Waals surface area (Å²) in [7, 11) is 0. The number of furan rings is 1. The van der Waals surface area contributed by atoms with Crippen molar-refractivity contribution in [2.24, 2.45) is 0 Å². The Morgan fingerprint density at radius 2 is 1.81 bits per heavy atom. The van der Waals surface area contributed by atoms with Crippen molar-refractivity contribution >= 4 is 54.6 Å². The lowest BCUT2D eigenvalue weighted by Gasteiger charge is -2.10. The lowest BCUT2D eigenvalue weighted by Crippen LogP contribution is -2.11. The lowest BCUT2D eigenvalue weighted by molar-refractivity contribution is -0.139. The number of benzene rings is 2. The smallest absolute Gasteiger partial charge is 0.341 e. The standard InChI is InChI=1S/C19H14Br2O5/c1-2-14-17(11-5-3-4-6-15(11)26-14)18(24)10-7-12(20)19(13(21)8-10)25-9-16(22)23/h3-8H,2,9H2,1H3,(H,22,23). The maximum absolute atomic E-state index is 13.1. The van der Waals surface area contributed by atoms with Crippen LogP contribution in [-0.4, -0.2) is 23.5 Å². The Morgan fingerprint density at radius 1 is 1.15 bits per heavy atom. The minimum atomic E-state index is -1.08. The van der Waals surface area contributed by atoms with E-state index in [0.29, 0.717) is 43.6 Å². The van der Waals surface area contributed by atoms with Gasteiger partial charge in [-0.2, -0.15) is 0 Å². The number of ketones is 1. The quantitative estimate of drug-likeness (QED) is 0.488. The number of ether oxygens (including phenoxy) is 1. The molecule has 0 aliphatic rings. The summed E-state index contributed by atoms with van der Waals surface area (Å²) in [5.74, 6) is -0.286. The summed E-state index contributed by atoms with van der Waals surface area (Å²) in [6, 6.07) is 10.7. The topological polar surface area (TPSA) is 76.7 Å². The SMILES string of the molecule is CCc1oc2ccccc2c1C(=O)c1cc(Br)c(OCC(=O)O)c(Br)c1. The van der Waals surface area contributed by atoms with E-state index in [1.165, 1.54) is 0 Å². The summed E-state index contributed by atoms with van der Waals surface area (Å²) < 4.78 is 12.0. The van der Waals surface area contributed by atoms with Crippen LogP contribution in [0, 0.1) is 0 Å². The highest BCUT2D eigenvalue weighted by atomic mass is 79.9. The van der Waals surface area contributed by atoms with E-state index < -0.39 is 12.6 Å². The number of aliphatic carboxylic acids is 1. The van der Waals surface area contributed by atoms with Crippen LogP contribution in [0.15, 0.2) is 49.8 Å². The van der Waals surface area contributed by atoms with Crippen LogP contribution in [-0.2, 0) is 11.2 Å². The van der Waals surface area contributed by atoms with Crippen LogP contribution in [0.1, 0.15) is 28.6 Å². The average Bonchev–Trinajstić information content (AvgIpc) is 2.98. The fraction of sp³-hybridized carbons (Fsp3) is 0.158. The highest BCUT2D eigenvalue weighted by Gasteiger charge is 2.23. The normalized spacial score (nSPS) is 10.9. The molecule has 0 spiro atoms. The first kappa shape index (κ1) is 18.7. The summed E-state index contributed by atoms with van der Waals surface area (Å²) in [5.41, 5.74) is 1.65. The molecule has 0 aliphatic carbocycles. The largest absolute Gasteiger partial charge is 0.480 e. The highest BCUT2D eigenvalue weighted by Crippen LogP contribution is 2.36. The molecule has 0 amide bonds. The van der Waals surface area contributed by atoms with E-state index in [1.54, 1.807) is 12.1 Å². The van der Waals surface area contributed by atoms with Gasteiger partial charge in [0.25, 0.3) is 0 Å². The molecule has 0 bridgehead atoms. The van der Waals surface area contributed by atoms with Gasteiger partial charge in [0.15, 0.2) is 12.4 Å². The number of hydrogen-bond acceptors (Lipinski definition) is 4. The van der Waals surface area contributed by atoms with Gasteiger partial charge in [0, 0.05) is 17.4 Å². The summed E-state index contributed by atoms with van der Waals surface area (Å²) in [5, 5.41) is 9.53. The number of rotatable bonds is 6. The molecule has 7 heteroatoms. The monoisotopic (exact) mass is 480 g/mol. The highest BCUT2D eigenvalue weighted by molar-refractivity contribution is 9.11. The van der Waals surface area contributed by atoms with Crippen molar-refractivity contribution in [3.8, 4) is 5.75 Å². The Kier molecular flexibility index (Phi) is 5.48. The van der Waals surface area contributed by atoms with Gasteiger partial charge in [0.05, 0.1) is 14.5 Å². The third-order valence-corrected chi connectivity index (χ3v) is 5.00. The fourth-order valence-corrected chi connectivity index (χ4v) is 4.12. The van der Waals surface area contributed by atoms with Gasteiger partial charge in [0.2, 0.25) is 0 Å². The van der Waals surface area contributed by atoms with Gasteiger partial charge in [0.1, 0.15) is 17.1 Å². The maximum Gasteiger partial charge on any atom is 0.341 e. The minimum absolute atomic E-state index is 0.169. The molecular formula is C19H14Br2O5. The molecule has 3 rings (SSSR count). The molecule has 0 fully saturated rings. The average molecular weight is 482 g/mol. The molecule has 0 saturated carbocycles. The molecule has 5 nitrogen and oxygen atoms in total. The first-order valence-electron chi connectivity index (χ1n) is 7.81. The number of carbonyl (C=O) groups is 2. The third kappa shape index (κ3) is 3.54. The van der Waals surface area contributed by atoms with Gasteiger partial charge in [-0.05, 0) is 50.1 Å². The van der Waals surface area contributed by atoms with E-state index in [2.05, 4.69) is 31.9 Å². The first-order chi connectivity index (χ1) is 12.4. The zero-order valence-electron chi connectivity index (χ0n) is 13.7. The number of hydrogen-bond donors (Lipinski definition) is 1. The van der Waals surface area contributed by atoms with Crippen LogP contribution < -0.4 is 4.74 Å². The molecule has 0 saturated heterocycles. The van der Waals surface area contributed by atoms with Gasteiger partial charge in [-0.1, -0.05) is 25.1 Å². The predicted molar refractivity (Wildman–Crippen MR) is 104 cm³/mol. The Hall–Kier alpha value is -2.12. The van der Waals surface area contributed by atoms with Gasteiger partial charge in [-0.25, -0.2) is 4.79 Å². The number of fused-ring (bicyclic) bond motifs is 1. The van der Waals surface area contributed by atoms with E-state index in [4.69, 9.17) is 14.3 Å². The molecule has 0 aliphatic heterocycles. The van der Waals surface area contributed by atoms with Gasteiger partial charge in [-0.15, -0.1) is 0 Å². The zero-order chi connectivity index (χ0) is 18.8. The maximum atomic E-state index is 13.1. The van der Waals surface area contributed by atoms with Crippen LogP contribution in [0.5, 0.6) is 5.75 Å². The number of halogens is 2. The summed E-state index contributed by atoms with van der Waals surface area (Å²) in [4.78, 5) is 23.8. The predicted octanol–water partition coefficient (Wildman–Crippen LogP) is 5.21. The second-order valence-electron chi connectivity index (χ2n) is 5.53. The zero-order valence-corrected chi connectivity index (χ0v) is 16.9. The van der Waals surface area contributed by atoms with E-state index >= 15 is 0 Å². The van der Waals surface area contributed by atoms with Crippen molar-refractivity contribution in [2.45, 2.75) is 13.3 Å². The number of carbonyl (C=O) groups excluding carboxylic acids is 1. The number of aryl methyl sites for hydroxylation is 1. The molecule has 0 atom stereocenters. The summed E-state index contributed by atoms with van der Waals surface area (Å²) in [6.45, 7) is 1.46. The Labute approximate surface area is 166 Å². The second-order valence-corrected chi connectivity index (χ2v) is 7.24. The van der Waals surface area contributed by atoms with Crippen molar-refractivity contribution < 1.29 is 23.8 Å². The number of carboxylic acids is 1. The molecule has 3 aromatic rings. The second kappa shape index (κ2) is 7.63.